The minimum atomic E-state index is -0.548. The zero-order valence-electron chi connectivity index (χ0n) is 10.8. The second-order valence-electron chi connectivity index (χ2n) is 5.12. The van der Waals surface area contributed by atoms with E-state index in [1.54, 1.807) is 37.6 Å². The molecule has 0 bridgehead atoms. The third-order valence-electron chi connectivity index (χ3n) is 2.49. The molecule has 0 fully saturated rings. The summed E-state index contributed by atoms with van der Waals surface area (Å²) in [6.07, 6.45) is 1.72. The molecule has 0 saturated carbocycles. The molecule has 0 radical (unpaired) electrons. The van der Waals surface area contributed by atoms with E-state index in [0.717, 1.165) is 0 Å². The van der Waals surface area contributed by atoms with Crippen LogP contribution in [0.4, 0.5) is 0 Å². The molecule has 0 aliphatic carbocycles. The zero-order chi connectivity index (χ0) is 14.2. The summed E-state index contributed by atoms with van der Waals surface area (Å²) in [5.74, 6) is -0.291. The largest absolute Gasteiger partial charge is 0.443 e. The van der Waals surface area contributed by atoms with Crippen molar-refractivity contribution in [2.24, 2.45) is 5.41 Å². The molecular weight excluding hydrogens is 289 g/mol. The number of esters is 1. The van der Waals surface area contributed by atoms with Gasteiger partial charge in [-0.2, -0.15) is 4.98 Å². The maximum Gasteiger partial charge on any atom is 0.312 e. The number of hydrogen-bond donors (Lipinski definition) is 0. The summed E-state index contributed by atoms with van der Waals surface area (Å²) >= 11 is 11.7. The van der Waals surface area contributed by atoms with E-state index in [4.69, 9.17) is 27.9 Å². The van der Waals surface area contributed by atoms with E-state index >= 15 is 0 Å². The third kappa shape index (κ3) is 2.98. The highest BCUT2D eigenvalue weighted by Crippen LogP contribution is 2.23. The van der Waals surface area contributed by atoms with Crippen molar-refractivity contribution in [2.45, 2.75) is 27.5 Å². The molecule has 0 spiro atoms. The van der Waals surface area contributed by atoms with Gasteiger partial charge in [0.15, 0.2) is 6.73 Å². The molecule has 2 rings (SSSR count). The maximum absolute atomic E-state index is 11.7. The lowest BCUT2D eigenvalue weighted by molar-refractivity contribution is -0.156. The van der Waals surface area contributed by atoms with Crippen molar-refractivity contribution >= 4 is 40.2 Å². The van der Waals surface area contributed by atoms with Crippen LogP contribution in [0.15, 0.2) is 12.3 Å². The Kier molecular flexibility index (Phi) is 3.69. The van der Waals surface area contributed by atoms with Crippen LogP contribution in [0, 0.1) is 5.41 Å². The molecule has 5 nitrogen and oxygen atoms in total. The summed E-state index contributed by atoms with van der Waals surface area (Å²) in [5, 5.41) is 0.994. The first-order valence-electron chi connectivity index (χ1n) is 5.64. The van der Waals surface area contributed by atoms with Gasteiger partial charge in [-0.1, -0.05) is 11.6 Å². The van der Waals surface area contributed by atoms with Gasteiger partial charge in [0.1, 0.15) is 10.8 Å². The number of fused-ring (bicyclic) bond motifs is 1. The lowest BCUT2D eigenvalue weighted by Gasteiger charge is -2.16. The van der Waals surface area contributed by atoms with E-state index in [2.05, 4.69) is 9.97 Å². The van der Waals surface area contributed by atoms with Crippen molar-refractivity contribution in [2.75, 3.05) is 0 Å². The topological polar surface area (TPSA) is 57.0 Å². The molecule has 0 unspecified atom stereocenters. The average molecular weight is 302 g/mol. The Morgan fingerprint density at radius 3 is 2.68 bits per heavy atom. The number of nitrogens with zero attached hydrogens (tertiary/aromatic N) is 3. The van der Waals surface area contributed by atoms with Crippen molar-refractivity contribution in [3.8, 4) is 0 Å². The number of halogens is 2. The molecule has 2 aromatic rings. The Morgan fingerprint density at radius 2 is 2.05 bits per heavy atom. The summed E-state index contributed by atoms with van der Waals surface area (Å²) in [5.41, 5.74) is -0.0144. The van der Waals surface area contributed by atoms with Crippen LogP contribution in [-0.4, -0.2) is 20.5 Å². The van der Waals surface area contributed by atoms with Crippen molar-refractivity contribution in [1.29, 1.82) is 0 Å². The number of hydrogen-bond acceptors (Lipinski definition) is 4. The zero-order valence-corrected chi connectivity index (χ0v) is 12.3. The minimum Gasteiger partial charge on any atom is -0.443 e. The van der Waals surface area contributed by atoms with Crippen molar-refractivity contribution < 1.29 is 9.53 Å². The Hall–Kier alpha value is -1.33. The van der Waals surface area contributed by atoms with Crippen LogP contribution in [0.1, 0.15) is 20.8 Å². The smallest absolute Gasteiger partial charge is 0.312 e. The first-order chi connectivity index (χ1) is 8.79. The third-order valence-corrected chi connectivity index (χ3v) is 2.95. The van der Waals surface area contributed by atoms with E-state index in [0.29, 0.717) is 11.0 Å². The van der Waals surface area contributed by atoms with Crippen LogP contribution >= 0.6 is 23.2 Å². The van der Waals surface area contributed by atoms with Crippen LogP contribution in [0.3, 0.4) is 0 Å². The number of rotatable bonds is 2. The Labute approximate surface area is 120 Å². The van der Waals surface area contributed by atoms with Crippen LogP contribution in [-0.2, 0) is 16.3 Å². The molecule has 2 heterocycles. The van der Waals surface area contributed by atoms with E-state index in [1.165, 1.54) is 0 Å². The predicted octanol–water partition coefficient (Wildman–Crippen LogP) is 3.28. The minimum absolute atomic E-state index is 0.0552. The number of carbonyl (C=O) groups is 1. The highest BCUT2D eigenvalue weighted by Gasteiger charge is 2.23. The van der Waals surface area contributed by atoms with E-state index in [-0.39, 0.29) is 23.1 Å². The van der Waals surface area contributed by atoms with Gasteiger partial charge >= 0.3 is 5.97 Å². The molecule has 102 valence electrons. The molecule has 19 heavy (non-hydrogen) atoms. The normalized spacial score (nSPS) is 11.8. The van der Waals surface area contributed by atoms with Gasteiger partial charge in [-0.05, 0) is 38.4 Å². The molecule has 2 aromatic heterocycles. The Bertz CT molecular complexity index is 632. The van der Waals surface area contributed by atoms with Gasteiger partial charge in [0.2, 0.25) is 5.28 Å². The molecule has 7 heteroatoms. The summed E-state index contributed by atoms with van der Waals surface area (Å²) in [7, 11) is 0. The van der Waals surface area contributed by atoms with Gasteiger partial charge in [-0.15, -0.1) is 0 Å². The summed E-state index contributed by atoms with van der Waals surface area (Å²) in [4.78, 5) is 19.6. The van der Waals surface area contributed by atoms with Crippen molar-refractivity contribution in [3.63, 3.8) is 0 Å². The number of aromatic nitrogens is 3. The highest BCUT2D eigenvalue weighted by atomic mass is 35.5. The molecule has 0 amide bonds. The van der Waals surface area contributed by atoms with Gasteiger partial charge in [0.25, 0.3) is 0 Å². The molecular formula is C12H13Cl2N3O2. The second-order valence-corrected chi connectivity index (χ2v) is 5.81. The quantitative estimate of drug-likeness (QED) is 0.485. The number of carbonyl (C=O) groups excluding carboxylic acids is 1. The van der Waals surface area contributed by atoms with E-state index in [1.807, 2.05) is 0 Å². The standard InChI is InChI=1S/C12H13Cl2N3O2/c1-12(2,3)10(18)19-6-17-5-4-7-8(13)15-11(14)16-9(7)17/h4-5H,6H2,1-3H3. The van der Waals surface area contributed by atoms with Crippen LogP contribution in [0.2, 0.25) is 10.4 Å². The monoisotopic (exact) mass is 301 g/mol. The first kappa shape index (κ1) is 14.1. The Balaban J connectivity index is 2.25. The van der Waals surface area contributed by atoms with E-state index in [9.17, 15) is 4.79 Å². The van der Waals surface area contributed by atoms with Gasteiger partial charge in [-0.25, -0.2) is 4.98 Å². The predicted molar refractivity (Wildman–Crippen MR) is 73.1 cm³/mol. The van der Waals surface area contributed by atoms with Crippen LogP contribution in [0.5, 0.6) is 0 Å². The Morgan fingerprint density at radius 1 is 1.37 bits per heavy atom. The van der Waals surface area contributed by atoms with E-state index < -0.39 is 5.41 Å². The fraction of sp³-hybridized carbons (Fsp3) is 0.417. The molecule has 0 aliphatic heterocycles. The van der Waals surface area contributed by atoms with Crippen LogP contribution < -0.4 is 0 Å². The van der Waals surface area contributed by atoms with Crippen molar-refractivity contribution in [3.05, 3.63) is 22.7 Å². The highest BCUT2D eigenvalue weighted by molar-refractivity contribution is 6.35. The van der Waals surface area contributed by atoms with Crippen LogP contribution in [0.25, 0.3) is 11.0 Å². The molecule has 0 aromatic carbocycles. The van der Waals surface area contributed by atoms with Gasteiger partial charge in [0.05, 0.1) is 10.8 Å². The molecule has 0 atom stereocenters. The fourth-order valence-electron chi connectivity index (χ4n) is 1.45. The SMILES string of the molecule is CC(C)(C)C(=O)OCn1ccc2c(Cl)nc(Cl)nc21. The molecule has 0 N–H and O–H groups in total. The molecule has 0 saturated heterocycles. The first-order valence-corrected chi connectivity index (χ1v) is 6.40. The second kappa shape index (κ2) is 4.98. The van der Waals surface area contributed by atoms with Crippen molar-refractivity contribution in [1.82, 2.24) is 14.5 Å². The summed E-state index contributed by atoms with van der Waals surface area (Å²) < 4.78 is 6.87. The van der Waals surface area contributed by atoms with Gasteiger partial charge < -0.3 is 4.74 Å². The lowest BCUT2D eigenvalue weighted by atomic mass is 9.98. The average Bonchev–Trinajstić information content (AvgIpc) is 2.67. The van der Waals surface area contributed by atoms with Gasteiger partial charge in [0, 0.05) is 6.20 Å². The summed E-state index contributed by atoms with van der Waals surface area (Å²) in [6.45, 7) is 5.43. The van der Waals surface area contributed by atoms with Gasteiger partial charge in [-0.3, -0.25) is 9.36 Å². The lowest BCUT2D eigenvalue weighted by Crippen LogP contribution is -2.23. The maximum atomic E-state index is 11.7. The fourth-order valence-corrected chi connectivity index (χ4v) is 1.89. The molecule has 0 aliphatic rings. The number of ether oxygens (including phenoxy) is 1. The summed E-state index contributed by atoms with van der Waals surface area (Å²) in [6, 6.07) is 1.75.